The molecular formula is C12H8BrNO2. The summed E-state index contributed by atoms with van der Waals surface area (Å²) in [4.78, 5) is 4.11. The summed E-state index contributed by atoms with van der Waals surface area (Å²) in [5.41, 5.74) is 1.70. The van der Waals surface area contributed by atoms with Crippen LogP contribution in [0.5, 0.6) is 0 Å². The van der Waals surface area contributed by atoms with Crippen molar-refractivity contribution in [2.75, 3.05) is 0 Å². The van der Waals surface area contributed by atoms with Crippen molar-refractivity contribution in [2.45, 2.75) is 5.33 Å². The monoisotopic (exact) mass is 277 g/mol. The molecule has 0 atom stereocenters. The van der Waals surface area contributed by atoms with Crippen LogP contribution in [-0.4, -0.2) is 4.98 Å². The molecule has 0 fully saturated rings. The molecule has 0 spiro atoms. The van der Waals surface area contributed by atoms with Gasteiger partial charge in [-0.1, -0.05) is 34.1 Å². The number of rotatable bonds is 2. The smallest absolute Gasteiger partial charge is 0.193 e. The molecule has 80 valence electrons. The summed E-state index contributed by atoms with van der Waals surface area (Å²) in [6.45, 7) is 0. The molecule has 0 aliphatic carbocycles. The first-order valence-electron chi connectivity index (χ1n) is 4.86. The molecular weight excluding hydrogens is 270 g/mol. The van der Waals surface area contributed by atoms with Crippen LogP contribution in [-0.2, 0) is 5.33 Å². The molecule has 2 aromatic heterocycles. The van der Waals surface area contributed by atoms with Gasteiger partial charge < -0.3 is 8.83 Å². The third kappa shape index (κ3) is 1.46. The highest BCUT2D eigenvalue weighted by atomic mass is 79.9. The molecule has 0 radical (unpaired) electrons. The van der Waals surface area contributed by atoms with Crippen molar-refractivity contribution in [1.82, 2.24) is 4.98 Å². The van der Waals surface area contributed by atoms with E-state index in [1.165, 1.54) is 6.39 Å². The molecule has 0 saturated heterocycles. The van der Waals surface area contributed by atoms with E-state index in [0.29, 0.717) is 16.9 Å². The lowest BCUT2D eigenvalue weighted by atomic mass is 10.2. The van der Waals surface area contributed by atoms with Gasteiger partial charge in [-0.05, 0) is 12.1 Å². The highest BCUT2D eigenvalue weighted by Gasteiger charge is 2.14. The average Bonchev–Trinajstić information content (AvgIpc) is 2.94. The van der Waals surface area contributed by atoms with Gasteiger partial charge in [-0.15, -0.1) is 0 Å². The van der Waals surface area contributed by atoms with Crippen molar-refractivity contribution in [3.8, 4) is 11.5 Å². The molecule has 0 unspecified atom stereocenters. The topological polar surface area (TPSA) is 39.2 Å². The van der Waals surface area contributed by atoms with Crippen LogP contribution >= 0.6 is 15.9 Å². The maximum Gasteiger partial charge on any atom is 0.193 e. The van der Waals surface area contributed by atoms with Crippen molar-refractivity contribution < 1.29 is 8.83 Å². The lowest BCUT2D eigenvalue weighted by molar-refractivity contribution is 0.536. The van der Waals surface area contributed by atoms with Crippen LogP contribution in [0, 0.1) is 0 Å². The Morgan fingerprint density at radius 1 is 1.25 bits per heavy atom. The van der Waals surface area contributed by atoms with Crippen molar-refractivity contribution in [1.29, 1.82) is 0 Å². The first-order valence-corrected chi connectivity index (χ1v) is 5.98. The number of nitrogens with zero attached hydrogens (tertiary/aromatic N) is 1. The Labute approximate surface area is 100 Å². The predicted molar refractivity (Wildman–Crippen MR) is 64.3 cm³/mol. The van der Waals surface area contributed by atoms with Crippen molar-refractivity contribution in [3.05, 3.63) is 42.4 Å². The average molecular weight is 278 g/mol. The Bertz CT molecular complexity index is 594. The van der Waals surface area contributed by atoms with E-state index in [0.717, 1.165) is 16.7 Å². The van der Waals surface area contributed by atoms with Crippen LogP contribution in [0.4, 0.5) is 0 Å². The summed E-state index contributed by atoms with van der Waals surface area (Å²) < 4.78 is 11.0. The molecule has 3 rings (SSSR count). The van der Waals surface area contributed by atoms with Gasteiger partial charge in [0.2, 0.25) is 0 Å². The minimum absolute atomic E-state index is 0.649. The quantitative estimate of drug-likeness (QED) is 0.665. The normalized spacial score (nSPS) is 11.1. The number of oxazole rings is 1. The van der Waals surface area contributed by atoms with E-state index < -0.39 is 0 Å². The Kier molecular flexibility index (Phi) is 2.29. The number of hydrogen-bond donors (Lipinski definition) is 0. The summed E-state index contributed by atoms with van der Waals surface area (Å²) in [5, 5.41) is 1.71. The largest absolute Gasteiger partial charge is 0.453 e. The van der Waals surface area contributed by atoms with Gasteiger partial charge in [-0.25, -0.2) is 4.98 Å². The Morgan fingerprint density at radius 3 is 2.94 bits per heavy atom. The van der Waals surface area contributed by atoms with E-state index in [4.69, 9.17) is 8.83 Å². The van der Waals surface area contributed by atoms with E-state index in [1.807, 2.05) is 30.3 Å². The maximum absolute atomic E-state index is 5.70. The van der Waals surface area contributed by atoms with Gasteiger partial charge in [0.05, 0.1) is 0 Å². The molecule has 0 saturated carbocycles. The van der Waals surface area contributed by atoms with Gasteiger partial charge in [-0.2, -0.15) is 0 Å². The number of benzene rings is 1. The standard InChI is InChI=1S/C12H8BrNO2/c13-6-9-12(15-7-14-9)11-5-8-3-1-2-4-10(8)16-11/h1-5,7H,6H2. The maximum atomic E-state index is 5.70. The van der Waals surface area contributed by atoms with Crippen LogP contribution in [0.1, 0.15) is 5.69 Å². The molecule has 3 aromatic rings. The predicted octanol–water partition coefficient (Wildman–Crippen LogP) is 3.98. The minimum Gasteiger partial charge on any atom is -0.453 e. The Balaban J connectivity index is 2.19. The van der Waals surface area contributed by atoms with Crippen LogP contribution in [0.25, 0.3) is 22.5 Å². The number of fused-ring (bicyclic) bond motifs is 1. The molecule has 3 nitrogen and oxygen atoms in total. The number of alkyl halides is 1. The first kappa shape index (κ1) is 9.66. The van der Waals surface area contributed by atoms with Gasteiger partial charge in [-0.3, -0.25) is 0 Å². The SMILES string of the molecule is BrCc1ncoc1-c1cc2ccccc2o1. The number of furan rings is 1. The zero-order valence-corrected chi connectivity index (χ0v) is 9.90. The Morgan fingerprint density at radius 2 is 2.12 bits per heavy atom. The molecule has 2 heterocycles. The lowest BCUT2D eigenvalue weighted by Gasteiger charge is -1.91. The molecule has 16 heavy (non-hydrogen) atoms. The zero-order chi connectivity index (χ0) is 11.0. The molecule has 1 aromatic carbocycles. The Hall–Kier alpha value is -1.55. The third-order valence-corrected chi connectivity index (χ3v) is 2.95. The second-order valence-corrected chi connectivity index (χ2v) is 3.97. The fourth-order valence-electron chi connectivity index (χ4n) is 1.66. The van der Waals surface area contributed by atoms with Crippen molar-refractivity contribution in [2.24, 2.45) is 0 Å². The number of hydrogen-bond acceptors (Lipinski definition) is 3. The fraction of sp³-hybridized carbons (Fsp3) is 0.0833. The molecule has 0 aliphatic rings. The van der Waals surface area contributed by atoms with E-state index in [2.05, 4.69) is 20.9 Å². The van der Waals surface area contributed by atoms with Crippen molar-refractivity contribution >= 4 is 26.9 Å². The second-order valence-electron chi connectivity index (χ2n) is 3.41. The van der Waals surface area contributed by atoms with Gasteiger partial charge in [0, 0.05) is 10.7 Å². The minimum atomic E-state index is 0.649. The van der Waals surface area contributed by atoms with Crippen LogP contribution in [0.2, 0.25) is 0 Å². The summed E-state index contributed by atoms with van der Waals surface area (Å²) in [5.74, 6) is 1.40. The second kappa shape index (κ2) is 3.79. The van der Waals surface area contributed by atoms with E-state index in [9.17, 15) is 0 Å². The number of halogens is 1. The van der Waals surface area contributed by atoms with Crippen LogP contribution in [0.3, 0.4) is 0 Å². The van der Waals surface area contributed by atoms with E-state index >= 15 is 0 Å². The van der Waals surface area contributed by atoms with E-state index in [-0.39, 0.29) is 0 Å². The van der Waals surface area contributed by atoms with Crippen LogP contribution < -0.4 is 0 Å². The molecule has 0 bridgehead atoms. The molecule has 0 amide bonds. The summed E-state index contributed by atoms with van der Waals surface area (Å²) >= 11 is 3.36. The number of para-hydroxylation sites is 1. The first-order chi connectivity index (χ1) is 7.88. The molecule has 4 heteroatoms. The zero-order valence-electron chi connectivity index (χ0n) is 8.31. The highest BCUT2D eigenvalue weighted by Crippen LogP contribution is 2.30. The molecule has 0 aliphatic heterocycles. The lowest BCUT2D eigenvalue weighted by Crippen LogP contribution is -1.79. The summed E-state index contributed by atoms with van der Waals surface area (Å²) in [6.07, 6.45) is 1.43. The summed E-state index contributed by atoms with van der Waals surface area (Å²) in [7, 11) is 0. The van der Waals surface area contributed by atoms with Gasteiger partial charge in [0.25, 0.3) is 0 Å². The third-order valence-electron chi connectivity index (χ3n) is 2.42. The van der Waals surface area contributed by atoms with E-state index in [1.54, 1.807) is 0 Å². The van der Waals surface area contributed by atoms with Gasteiger partial charge in [0.15, 0.2) is 17.9 Å². The van der Waals surface area contributed by atoms with Gasteiger partial charge >= 0.3 is 0 Å². The molecule has 0 N–H and O–H groups in total. The van der Waals surface area contributed by atoms with Crippen LogP contribution in [0.15, 0.2) is 45.6 Å². The number of aromatic nitrogens is 1. The van der Waals surface area contributed by atoms with Gasteiger partial charge in [0.1, 0.15) is 11.3 Å². The summed E-state index contributed by atoms with van der Waals surface area (Å²) in [6, 6.07) is 9.83. The fourth-order valence-corrected chi connectivity index (χ4v) is 2.06. The highest BCUT2D eigenvalue weighted by molar-refractivity contribution is 9.08. The van der Waals surface area contributed by atoms with Crippen molar-refractivity contribution in [3.63, 3.8) is 0 Å².